The summed E-state index contributed by atoms with van der Waals surface area (Å²) < 4.78 is 14.0. The number of aromatic nitrogens is 3. The third-order valence-electron chi connectivity index (χ3n) is 6.27. The van der Waals surface area contributed by atoms with Crippen LogP contribution in [0.1, 0.15) is 29.1 Å². The molecule has 0 amide bonds. The number of para-hydroxylation sites is 1. The Labute approximate surface area is 230 Å². The van der Waals surface area contributed by atoms with E-state index in [-0.39, 0.29) is 11.5 Å². The molecular weight excluding hydrogens is 512 g/mol. The molecule has 0 spiro atoms. The largest absolute Gasteiger partial charge is 0.490 e. The molecule has 9 heteroatoms. The smallest absolute Gasteiger partial charge is 0.220 e. The van der Waals surface area contributed by atoms with Crippen molar-refractivity contribution in [3.05, 3.63) is 118 Å². The van der Waals surface area contributed by atoms with Gasteiger partial charge in [0.05, 0.1) is 6.61 Å². The van der Waals surface area contributed by atoms with E-state index in [0.717, 1.165) is 27.6 Å². The Morgan fingerprint density at radius 3 is 2.49 bits per heavy atom. The topological polar surface area (TPSA) is 92.3 Å². The Kier molecular flexibility index (Phi) is 8.07. The van der Waals surface area contributed by atoms with Gasteiger partial charge in [-0.15, -0.1) is 10.2 Å². The molecule has 198 valence electrons. The van der Waals surface area contributed by atoms with Crippen LogP contribution in [-0.4, -0.2) is 32.8 Å². The van der Waals surface area contributed by atoms with E-state index in [4.69, 9.17) is 9.47 Å². The van der Waals surface area contributed by atoms with Crippen molar-refractivity contribution in [2.24, 2.45) is 0 Å². The normalized spacial score (nSPS) is 11.8. The lowest BCUT2D eigenvalue weighted by Gasteiger charge is -2.18. The van der Waals surface area contributed by atoms with E-state index in [9.17, 15) is 10.1 Å². The van der Waals surface area contributed by atoms with Crippen LogP contribution in [0, 0.1) is 17.0 Å². The predicted octanol–water partition coefficient (Wildman–Crippen LogP) is 6.82. The minimum Gasteiger partial charge on any atom is -0.490 e. The molecule has 8 nitrogen and oxygen atoms in total. The minimum atomic E-state index is -0.516. The van der Waals surface area contributed by atoms with Crippen LogP contribution in [-0.2, 0) is 6.61 Å². The average molecular weight is 541 g/mol. The summed E-state index contributed by atoms with van der Waals surface area (Å²) in [6.45, 7) is 4.28. The van der Waals surface area contributed by atoms with Gasteiger partial charge in [0.2, 0.25) is 6.54 Å². The van der Waals surface area contributed by atoms with Crippen LogP contribution >= 0.6 is 11.8 Å². The standard InChI is InChI=1S/C30H28N4O4S/c1-3-37-28-18-23(16-17-27(28)38-20-24-12-9-11-22-10-7-8-15-26(22)24)29(19-33(35)36)39-30-32-31-21(2)34(30)25-13-5-4-6-14-25/h4-18,29H,3,19-20H2,1-2H3/t29-/m1/s1. The molecule has 1 atom stereocenters. The van der Waals surface area contributed by atoms with Gasteiger partial charge in [-0.25, -0.2) is 0 Å². The molecule has 0 aliphatic heterocycles. The number of rotatable bonds is 11. The number of fused-ring (bicyclic) bond motifs is 1. The highest BCUT2D eigenvalue weighted by Crippen LogP contribution is 2.40. The van der Waals surface area contributed by atoms with Crippen LogP contribution < -0.4 is 9.47 Å². The van der Waals surface area contributed by atoms with Gasteiger partial charge < -0.3 is 9.47 Å². The minimum absolute atomic E-state index is 0.285. The molecule has 39 heavy (non-hydrogen) atoms. The Balaban J connectivity index is 1.43. The van der Waals surface area contributed by atoms with Gasteiger partial charge in [-0.3, -0.25) is 14.7 Å². The molecule has 0 bridgehead atoms. The zero-order valence-corrected chi connectivity index (χ0v) is 22.5. The zero-order valence-electron chi connectivity index (χ0n) is 21.7. The highest BCUT2D eigenvalue weighted by Gasteiger charge is 2.25. The van der Waals surface area contributed by atoms with Gasteiger partial charge in [-0.2, -0.15) is 0 Å². The Morgan fingerprint density at radius 1 is 0.923 bits per heavy atom. The molecule has 0 unspecified atom stereocenters. The third-order valence-corrected chi connectivity index (χ3v) is 7.46. The molecule has 1 aromatic heterocycles. The van der Waals surface area contributed by atoms with E-state index in [2.05, 4.69) is 28.4 Å². The number of aryl methyl sites for hydroxylation is 1. The van der Waals surface area contributed by atoms with Crippen molar-refractivity contribution >= 4 is 22.5 Å². The van der Waals surface area contributed by atoms with Gasteiger partial charge in [0.1, 0.15) is 17.7 Å². The van der Waals surface area contributed by atoms with E-state index >= 15 is 0 Å². The summed E-state index contributed by atoms with van der Waals surface area (Å²) in [5.41, 5.74) is 2.71. The van der Waals surface area contributed by atoms with Gasteiger partial charge >= 0.3 is 0 Å². The summed E-state index contributed by atoms with van der Waals surface area (Å²) in [7, 11) is 0. The molecule has 5 aromatic rings. The fourth-order valence-electron chi connectivity index (χ4n) is 4.45. The first-order valence-corrected chi connectivity index (χ1v) is 13.5. The highest BCUT2D eigenvalue weighted by molar-refractivity contribution is 7.99. The number of nitro groups is 1. The number of ether oxygens (including phenoxy) is 2. The van der Waals surface area contributed by atoms with Gasteiger partial charge in [-0.05, 0) is 60.0 Å². The highest BCUT2D eigenvalue weighted by atomic mass is 32.2. The number of hydrogen-bond donors (Lipinski definition) is 0. The van der Waals surface area contributed by atoms with Gasteiger partial charge in [0.15, 0.2) is 16.7 Å². The fraction of sp³-hybridized carbons (Fsp3) is 0.200. The van der Waals surface area contributed by atoms with E-state index in [1.54, 1.807) is 0 Å². The van der Waals surface area contributed by atoms with Gasteiger partial charge in [0, 0.05) is 10.6 Å². The van der Waals surface area contributed by atoms with E-state index < -0.39 is 5.25 Å². The molecule has 0 aliphatic carbocycles. The van der Waals surface area contributed by atoms with Crippen molar-refractivity contribution in [1.29, 1.82) is 0 Å². The van der Waals surface area contributed by atoms with Crippen LogP contribution in [0.3, 0.4) is 0 Å². The molecule has 0 N–H and O–H groups in total. The van der Waals surface area contributed by atoms with Crippen molar-refractivity contribution in [1.82, 2.24) is 14.8 Å². The average Bonchev–Trinajstić information content (AvgIpc) is 3.32. The van der Waals surface area contributed by atoms with E-state index in [0.29, 0.717) is 35.7 Å². The number of benzene rings is 4. The Hall–Kier alpha value is -4.37. The van der Waals surface area contributed by atoms with Crippen LogP contribution in [0.4, 0.5) is 0 Å². The molecule has 0 aliphatic rings. The molecular formula is C30H28N4O4S. The molecule has 0 saturated heterocycles. The Bertz CT molecular complexity index is 1580. The summed E-state index contributed by atoms with van der Waals surface area (Å²) in [5, 5.41) is 22.6. The van der Waals surface area contributed by atoms with Crippen molar-refractivity contribution in [2.75, 3.05) is 13.2 Å². The zero-order chi connectivity index (χ0) is 27.2. The van der Waals surface area contributed by atoms with Crippen LogP contribution in [0.15, 0.2) is 96.2 Å². The first-order valence-electron chi connectivity index (χ1n) is 12.7. The molecule has 0 radical (unpaired) electrons. The summed E-state index contributed by atoms with van der Waals surface area (Å²) in [6.07, 6.45) is 0. The first-order chi connectivity index (χ1) is 19.0. The first kappa shape index (κ1) is 26.2. The SMILES string of the molecule is CCOc1cc([C@@H](C[N+](=O)[O-])Sc2nnc(C)n2-c2ccccc2)ccc1OCc1cccc2ccccc12. The number of hydrogen-bond acceptors (Lipinski definition) is 7. The molecule has 1 heterocycles. The van der Waals surface area contributed by atoms with Crippen LogP contribution in [0.25, 0.3) is 16.5 Å². The quantitative estimate of drug-likeness (QED) is 0.103. The second-order valence-corrected chi connectivity index (χ2v) is 10.1. The lowest BCUT2D eigenvalue weighted by Crippen LogP contribution is -2.11. The number of thioether (sulfide) groups is 1. The maximum absolute atomic E-state index is 11.7. The second kappa shape index (κ2) is 12.0. The summed E-state index contributed by atoms with van der Waals surface area (Å²) in [6, 6.07) is 29.6. The molecule has 4 aromatic carbocycles. The van der Waals surface area contributed by atoms with Crippen molar-refractivity contribution in [2.45, 2.75) is 30.9 Å². The maximum atomic E-state index is 11.7. The van der Waals surface area contributed by atoms with Crippen molar-refractivity contribution < 1.29 is 14.4 Å². The molecule has 0 saturated carbocycles. The monoisotopic (exact) mass is 540 g/mol. The van der Waals surface area contributed by atoms with E-state index in [1.165, 1.54) is 11.8 Å². The van der Waals surface area contributed by atoms with Crippen molar-refractivity contribution in [3.8, 4) is 17.2 Å². The van der Waals surface area contributed by atoms with Crippen LogP contribution in [0.5, 0.6) is 11.5 Å². The summed E-state index contributed by atoms with van der Waals surface area (Å²) in [4.78, 5) is 11.4. The number of nitrogens with zero attached hydrogens (tertiary/aromatic N) is 4. The second-order valence-electron chi connectivity index (χ2n) is 8.89. The van der Waals surface area contributed by atoms with Crippen molar-refractivity contribution in [3.63, 3.8) is 0 Å². The summed E-state index contributed by atoms with van der Waals surface area (Å²) in [5.74, 6) is 1.84. The van der Waals surface area contributed by atoms with Crippen LogP contribution in [0.2, 0.25) is 0 Å². The van der Waals surface area contributed by atoms with Gasteiger partial charge in [0.25, 0.3) is 0 Å². The Morgan fingerprint density at radius 2 is 1.69 bits per heavy atom. The molecule has 5 rings (SSSR count). The van der Waals surface area contributed by atoms with Gasteiger partial charge in [-0.1, -0.05) is 78.5 Å². The third kappa shape index (κ3) is 6.04. The summed E-state index contributed by atoms with van der Waals surface area (Å²) >= 11 is 1.31. The fourth-order valence-corrected chi connectivity index (χ4v) is 5.62. The predicted molar refractivity (Wildman–Crippen MR) is 152 cm³/mol. The maximum Gasteiger partial charge on any atom is 0.220 e. The van der Waals surface area contributed by atoms with E-state index in [1.807, 2.05) is 91.2 Å². The lowest BCUT2D eigenvalue weighted by molar-refractivity contribution is -0.479. The molecule has 0 fully saturated rings. The lowest BCUT2D eigenvalue weighted by atomic mass is 10.1.